The van der Waals surface area contributed by atoms with E-state index >= 15 is 0 Å². The van der Waals surface area contributed by atoms with E-state index in [1.54, 1.807) is 23.4 Å². The molecular weight excluding hydrogens is 613 g/mol. The number of carbonyl (C=O) groups excluding carboxylic acids is 1. The van der Waals surface area contributed by atoms with Crippen LogP contribution in [0.25, 0.3) is 10.8 Å². The van der Waals surface area contributed by atoms with Crippen molar-refractivity contribution in [3.63, 3.8) is 0 Å². The van der Waals surface area contributed by atoms with Gasteiger partial charge in [-0.25, -0.2) is 22.8 Å². The van der Waals surface area contributed by atoms with Gasteiger partial charge in [-0.1, -0.05) is 6.58 Å². The largest absolute Gasteiger partial charge is 0.378 e. The van der Waals surface area contributed by atoms with Crippen LogP contribution >= 0.6 is 0 Å². The van der Waals surface area contributed by atoms with Crippen molar-refractivity contribution in [1.82, 2.24) is 30.0 Å². The van der Waals surface area contributed by atoms with Crippen LogP contribution in [-0.4, -0.2) is 107 Å². The highest BCUT2D eigenvalue weighted by atomic mass is 32.2. The molecule has 3 saturated heterocycles. The van der Waals surface area contributed by atoms with Crippen LogP contribution in [0.2, 0.25) is 0 Å². The van der Waals surface area contributed by atoms with Crippen molar-refractivity contribution < 1.29 is 22.3 Å². The first-order chi connectivity index (χ1) is 22.0. The Balaban J connectivity index is 1.34. The number of anilines is 4. The van der Waals surface area contributed by atoms with Crippen LogP contribution in [-0.2, 0) is 19.4 Å². The number of methoxy groups -OCH3 is 1. The molecule has 246 valence electrons. The Morgan fingerprint density at radius 3 is 2.70 bits per heavy atom. The number of piperidine rings is 1. The highest BCUT2D eigenvalue weighted by Crippen LogP contribution is 2.40. The Bertz CT molecular complexity index is 1740. The molecule has 0 bridgehead atoms. The van der Waals surface area contributed by atoms with Gasteiger partial charge in [-0.15, -0.1) is 5.10 Å². The van der Waals surface area contributed by atoms with Gasteiger partial charge < -0.3 is 24.8 Å². The smallest absolute Gasteiger partial charge is 0.246 e. The number of nitrogens with zero attached hydrogens (tertiary/aromatic N) is 8. The Morgan fingerprint density at radius 2 is 1.98 bits per heavy atom. The van der Waals surface area contributed by atoms with Gasteiger partial charge in [0.1, 0.15) is 27.6 Å². The molecule has 0 saturated carbocycles. The lowest BCUT2D eigenvalue weighted by molar-refractivity contribution is -0.126. The second-order valence-electron chi connectivity index (χ2n) is 12.6. The van der Waals surface area contributed by atoms with Crippen molar-refractivity contribution in [2.24, 2.45) is 5.92 Å². The van der Waals surface area contributed by atoms with Crippen molar-refractivity contribution in [2.45, 2.75) is 63.5 Å². The summed E-state index contributed by atoms with van der Waals surface area (Å²) < 4.78 is 44.0. The van der Waals surface area contributed by atoms with Crippen LogP contribution in [0.1, 0.15) is 44.8 Å². The Hall–Kier alpha value is -3.98. The molecule has 13 nitrogen and oxygen atoms in total. The molecule has 6 heterocycles. The number of carbonyl (C=O) groups is 1. The number of hydrogen-bond donors (Lipinski definition) is 1. The quantitative estimate of drug-likeness (QED) is 0.338. The van der Waals surface area contributed by atoms with E-state index in [4.69, 9.17) is 4.74 Å². The van der Waals surface area contributed by atoms with Crippen molar-refractivity contribution in [3.8, 4) is 0 Å². The maximum atomic E-state index is 14.7. The molecule has 46 heavy (non-hydrogen) atoms. The van der Waals surface area contributed by atoms with Gasteiger partial charge >= 0.3 is 0 Å². The van der Waals surface area contributed by atoms with Gasteiger partial charge in [-0.05, 0) is 51.3 Å². The monoisotopic (exact) mass is 653 g/mol. The molecule has 3 aliphatic rings. The molecule has 15 heteroatoms. The predicted octanol–water partition coefficient (Wildman–Crippen LogP) is 3.23. The summed E-state index contributed by atoms with van der Waals surface area (Å²) in [5.41, 5.74) is 0.657. The average Bonchev–Trinajstić information content (AvgIpc) is 3.52. The van der Waals surface area contributed by atoms with Gasteiger partial charge in [0.15, 0.2) is 5.82 Å². The van der Waals surface area contributed by atoms with E-state index in [1.165, 1.54) is 19.4 Å². The van der Waals surface area contributed by atoms with Gasteiger partial charge in [-0.3, -0.25) is 4.79 Å². The number of amides is 1. The summed E-state index contributed by atoms with van der Waals surface area (Å²) in [7, 11) is -1.60. The first kappa shape index (κ1) is 32.0. The summed E-state index contributed by atoms with van der Waals surface area (Å²) in [6.07, 6.45) is 6.38. The maximum absolute atomic E-state index is 14.7. The zero-order valence-electron chi connectivity index (χ0n) is 26.5. The molecule has 1 amide bonds. The number of ether oxygens (including phenoxy) is 1. The van der Waals surface area contributed by atoms with Crippen molar-refractivity contribution in [1.29, 1.82) is 0 Å². The van der Waals surface area contributed by atoms with Gasteiger partial charge in [0.25, 0.3) is 0 Å². The number of alkyl halides is 1. The molecule has 1 N–H and O–H groups in total. The van der Waals surface area contributed by atoms with E-state index in [1.807, 2.05) is 29.7 Å². The lowest BCUT2D eigenvalue weighted by atomic mass is 9.91. The molecule has 0 radical (unpaired) electrons. The van der Waals surface area contributed by atoms with E-state index in [9.17, 15) is 17.6 Å². The lowest BCUT2D eigenvalue weighted by Gasteiger charge is -2.47. The Kier molecular flexibility index (Phi) is 8.81. The zero-order valence-corrected chi connectivity index (χ0v) is 27.3. The fraction of sp³-hybridized carbons (Fsp3) is 0.548. The van der Waals surface area contributed by atoms with Crippen molar-refractivity contribution >= 4 is 49.9 Å². The molecule has 3 aromatic rings. The minimum absolute atomic E-state index is 0.0147. The molecule has 0 aliphatic carbocycles. The van der Waals surface area contributed by atoms with Crippen LogP contribution in [0, 0.1) is 5.92 Å². The molecule has 3 fully saturated rings. The molecule has 0 aromatic carbocycles. The molecule has 3 aliphatic heterocycles. The molecule has 3 aromatic heterocycles. The second-order valence-corrected chi connectivity index (χ2v) is 14.7. The van der Waals surface area contributed by atoms with Gasteiger partial charge in [0.2, 0.25) is 11.9 Å². The van der Waals surface area contributed by atoms with Crippen LogP contribution in [0.5, 0.6) is 0 Å². The first-order valence-corrected chi connectivity index (χ1v) is 17.6. The standard InChI is InChI=1S/C31H40FN9O4S/c1-6-28(42)39-11-7-8-24(39)29-21-13-27(34-14-22(21)30(38-37-29)41-15-20(19(41)3)17-46(5,43)44)35-26-9-10-33-31(36-26)40-16-23(32)25(45-4)12-18(40)2/h6,9-10,13-14,18-20,23-25H,1,7-8,11-12,15-17H2,2-5H3,(H,33,34,35,36)/t18-,19-,20-,23+,24?,25-/m1/s1. The lowest BCUT2D eigenvalue weighted by Crippen LogP contribution is -2.57. The second kappa shape index (κ2) is 12.7. The molecule has 6 atom stereocenters. The summed E-state index contributed by atoms with van der Waals surface area (Å²) >= 11 is 0. The summed E-state index contributed by atoms with van der Waals surface area (Å²) in [5, 5.41) is 14.1. The number of halogens is 1. The minimum atomic E-state index is -3.12. The Morgan fingerprint density at radius 1 is 1.17 bits per heavy atom. The number of sulfone groups is 1. The van der Waals surface area contributed by atoms with E-state index in [2.05, 4.69) is 37.0 Å². The number of pyridine rings is 1. The number of likely N-dealkylation sites (tertiary alicyclic amines) is 1. The summed E-state index contributed by atoms with van der Waals surface area (Å²) in [5.74, 6) is 1.94. The van der Waals surface area contributed by atoms with E-state index in [0.29, 0.717) is 48.6 Å². The highest BCUT2D eigenvalue weighted by molar-refractivity contribution is 7.90. The summed E-state index contributed by atoms with van der Waals surface area (Å²) in [4.78, 5) is 32.2. The summed E-state index contributed by atoms with van der Waals surface area (Å²) in [6.45, 7) is 8.91. The van der Waals surface area contributed by atoms with Gasteiger partial charge in [0, 0.05) is 67.6 Å². The number of aromatic nitrogens is 5. The number of fused-ring (bicyclic) bond motifs is 1. The molecule has 6 rings (SSSR count). The van der Waals surface area contributed by atoms with E-state index in [0.717, 1.165) is 23.6 Å². The zero-order chi connectivity index (χ0) is 32.7. The predicted molar refractivity (Wildman–Crippen MR) is 174 cm³/mol. The first-order valence-electron chi connectivity index (χ1n) is 15.5. The van der Waals surface area contributed by atoms with Crippen molar-refractivity contribution in [3.05, 3.63) is 42.9 Å². The third kappa shape index (κ3) is 6.21. The Labute approximate surface area is 268 Å². The normalized spacial score (nSPS) is 26.7. The minimum Gasteiger partial charge on any atom is -0.378 e. The SMILES string of the molecule is C=CC(=O)N1CCCC1c1nnc(N2C[C@H](CS(C)(=O)=O)[C@H]2C)c2cnc(Nc3ccnc(N4C[C@H](F)[C@H](OC)C[C@H]4C)n3)cc12. The fourth-order valence-corrected chi connectivity index (χ4v) is 8.03. The fourth-order valence-electron chi connectivity index (χ4n) is 6.87. The average molecular weight is 654 g/mol. The number of rotatable bonds is 9. The van der Waals surface area contributed by atoms with Crippen LogP contribution in [0.3, 0.4) is 0 Å². The number of nitrogens with one attached hydrogen (secondary N) is 1. The van der Waals surface area contributed by atoms with Crippen molar-refractivity contribution in [2.75, 3.05) is 53.9 Å². The molecular formula is C31H40FN9O4S. The van der Waals surface area contributed by atoms with E-state index < -0.39 is 22.1 Å². The highest BCUT2D eigenvalue weighted by Gasteiger charge is 2.40. The molecule has 0 spiro atoms. The van der Waals surface area contributed by atoms with Crippen LogP contribution in [0.15, 0.2) is 37.2 Å². The topological polar surface area (TPSA) is 147 Å². The summed E-state index contributed by atoms with van der Waals surface area (Å²) in [6, 6.07) is 3.24. The van der Waals surface area contributed by atoms with Crippen LogP contribution in [0.4, 0.5) is 27.8 Å². The van der Waals surface area contributed by atoms with Gasteiger partial charge in [-0.2, -0.15) is 10.1 Å². The van der Waals surface area contributed by atoms with E-state index in [-0.39, 0.29) is 42.2 Å². The maximum Gasteiger partial charge on any atom is 0.246 e. The van der Waals surface area contributed by atoms with Gasteiger partial charge in [0.05, 0.1) is 30.1 Å². The third-order valence-electron chi connectivity index (χ3n) is 9.43. The third-order valence-corrected chi connectivity index (χ3v) is 10.5. The molecule has 1 unspecified atom stereocenters. The number of hydrogen-bond acceptors (Lipinski definition) is 12. The van der Waals surface area contributed by atoms with Crippen LogP contribution < -0.4 is 15.1 Å².